The lowest BCUT2D eigenvalue weighted by molar-refractivity contribution is 0.346. The number of benzene rings is 1. The fourth-order valence-corrected chi connectivity index (χ4v) is 1.89. The number of hydrogen-bond donors (Lipinski definition) is 2. The van der Waals surface area contributed by atoms with Crippen molar-refractivity contribution in [1.29, 1.82) is 0 Å². The molecule has 2 aliphatic rings. The molecule has 0 amide bonds. The number of anilines is 2. The number of hydrogen-bond acceptors (Lipinski definition) is 6. The predicted molar refractivity (Wildman–Crippen MR) is 74.9 cm³/mol. The summed E-state index contributed by atoms with van der Waals surface area (Å²) < 4.78 is 10.7. The van der Waals surface area contributed by atoms with Gasteiger partial charge in [0.15, 0.2) is 0 Å². The maximum atomic E-state index is 5.36. The number of amidine groups is 2. The van der Waals surface area contributed by atoms with Crippen molar-refractivity contribution in [3.8, 4) is 0 Å². The number of rotatable bonds is 2. The van der Waals surface area contributed by atoms with Crippen LogP contribution in [0.1, 0.15) is 5.56 Å². The maximum Gasteiger partial charge on any atom is 0.289 e. The summed E-state index contributed by atoms with van der Waals surface area (Å²) in [5.41, 5.74) is 3.01. The fourth-order valence-electron chi connectivity index (χ4n) is 1.89. The molecule has 0 saturated carbocycles. The van der Waals surface area contributed by atoms with E-state index in [4.69, 9.17) is 9.47 Å². The summed E-state index contributed by atoms with van der Waals surface area (Å²) in [6.45, 7) is 4.74. The normalized spacial score (nSPS) is 17.3. The molecule has 6 heteroatoms. The number of nitrogens with one attached hydrogen (secondary N) is 2. The first-order valence-electron chi connectivity index (χ1n) is 6.30. The minimum absolute atomic E-state index is 0.573. The highest BCUT2D eigenvalue weighted by atomic mass is 16.5. The van der Waals surface area contributed by atoms with Crippen molar-refractivity contribution in [2.24, 2.45) is 9.98 Å². The standard InChI is InChI=1S/C13H16N4O2/c1-9-2-3-10(16-12-14-4-6-18-12)8-11(9)17-13-15-5-7-19-13/h2-3,8H,4-7H2,1H3,(H,14,16)(H,15,17). The number of aliphatic imine (C=N–C) groups is 2. The Morgan fingerprint density at radius 2 is 1.68 bits per heavy atom. The molecule has 100 valence electrons. The molecule has 1 aromatic rings. The minimum Gasteiger partial charge on any atom is -0.463 e. The van der Waals surface area contributed by atoms with Gasteiger partial charge in [-0.3, -0.25) is 0 Å². The first-order valence-corrected chi connectivity index (χ1v) is 6.30. The molecule has 0 fully saturated rings. The summed E-state index contributed by atoms with van der Waals surface area (Å²) >= 11 is 0. The summed E-state index contributed by atoms with van der Waals surface area (Å²) in [5, 5.41) is 6.32. The lowest BCUT2D eigenvalue weighted by atomic mass is 10.2. The van der Waals surface area contributed by atoms with Crippen molar-refractivity contribution < 1.29 is 9.47 Å². The van der Waals surface area contributed by atoms with Crippen LogP contribution in [-0.4, -0.2) is 38.3 Å². The molecule has 0 aromatic heterocycles. The summed E-state index contributed by atoms with van der Waals surface area (Å²) in [7, 11) is 0. The third-order valence-electron chi connectivity index (χ3n) is 2.90. The van der Waals surface area contributed by atoms with E-state index in [-0.39, 0.29) is 0 Å². The van der Waals surface area contributed by atoms with Crippen LogP contribution in [-0.2, 0) is 9.47 Å². The maximum absolute atomic E-state index is 5.36. The Morgan fingerprint density at radius 1 is 1.00 bits per heavy atom. The smallest absolute Gasteiger partial charge is 0.289 e. The molecule has 3 rings (SSSR count). The van der Waals surface area contributed by atoms with Crippen molar-refractivity contribution in [2.75, 3.05) is 36.9 Å². The second kappa shape index (κ2) is 5.17. The Kier molecular flexibility index (Phi) is 3.22. The fraction of sp³-hybridized carbons (Fsp3) is 0.385. The van der Waals surface area contributed by atoms with Crippen LogP contribution in [0.5, 0.6) is 0 Å². The van der Waals surface area contributed by atoms with Crippen LogP contribution in [0.15, 0.2) is 28.2 Å². The Bertz CT molecular complexity index is 539. The van der Waals surface area contributed by atoms with Gasteiger partial charge in [0.25, 0.3) is 12.0 Å². The minimum atomic E-state index is 0.573. The average Bonchev–Trinajstić information content (AvgIpc) is 3.07. The van der Waals surface area contributed by atoms with Gasteiger partial charge in [-0.2, -0.15) is 0 Å². The molecule has 2 aliphatic heterocycles. The lowest BCUT2D eigenvalue weighted by Crippen LogP contribution is -2.14. The van der Waals surface area contributed by atoms with Crippen molar-refractivity contribution in [1.82, 2.24) is 0 Å². The van der Waals surface area contributed by atoms with E-state index in [1.54, 1.807) is 0 Å². The van der Waals surface area contributed by atoms with Crippen LogP contribution in [0.3, 0.4) is 0 Å². The Hall–Kier alpha value is -2.24. The Labute approximate surface area is 111 Å². The second-order valence-electron chi connectivity index (χ2n) is 4.35. The second-order valence-corrected chi connectivity index (χ2v) is 4.35. The van der Waals surface area contributed by atoms with E-state index in [0.29, 0.717) is 38.3 Å². The topological polar surface area (TPSA) is 67.2 Å². The van der Waals surface area contributed by atoms with Crippen molar-refractivity contribution in [3.05, 3.63) is 23.8 Å². The van der Waals surface area contributed by atoms with E-state index in [0.717, 1.165) is 16.9 Å². The van der Waals surface area contributed by atoms with Crippen LogP contribution in [0.4, 0.5) is 11.4 Å². The van der Waals surface area contributed by atoms with E-state index >= 15 is 0 Å². The molecule has 2 heterocycles. The van der Waals surface area contributed by atoms with Crippen LogP contribution >= 0.6 is 0 Å². The van der Waals surface area contributed by atoms with Gasteiger partial charge in [-0.25, -0.2) is 9.98 Å². The van der Waals surface area contributed by atoms with Gasteiger partial charge in [0.2, 0.25) is 0 Å². The van der Waals surface area contributed by atoms with Crippen LogP contribution in [0.2, 0.25) is 0 Å². The van der Waals surface area contributed by atoms with Crippen molar-refractivity contribution in [3.63, 3.8) is 0 Å². The number of nitrogens with zero attached hydrogens (tertiary/aromatic N) is 2. The summed E-state index contributed by atoms with van der Waals surface area (Å²) in [4.78, 5) is 8.42. The molecular weight excluding hydrogens is 244 g/mol. The third kappa shape index (κ3) is 2.78. The van der Waals surface area contributed by atoms with E-state index in [1.165, 1.54) is 0 Å². The van der Waals surface area contributed by atoms with Gasteiger partial charge in [0.1, 0.15) is 13.2 Å². The summed E-state index contributed by atoms with van der Waals surface area (Å²) in [6.07, 6.45) is 0. The van der Waals surface area contributed by atoms with E-state index in [1.807, 2.05) is 25.1 Å². The molecule has 2 N–H and O–H groups in total. The van der Waals surface area contributed by atoms with E-state index in [2.05, 4.69) is 20.6 Å². The van der Waals surface area contributed by atoms with Crippen molar-refractivity contribution >= 4 is 23.4 Å². The molecule has 0 unspecified atom stereocenters. The number of ether oxygens (including phenoxy) is 2. The first-order chi connectivity index (χ1) is 9.31. The Morgan fingerprint density at radius 3 is 2.32 bits per heavy atom. The number of aryl methyl sites for hydroxylation is 1. The van der Waals surface area contributed by atoms with Crippen LogP contribution in [0, 0.1) is 6.92 Å². The molecule has 1 aromatic carbocycles. The van der Waals surface area contributed by atoms with Crippen molar-refractivity contribution in [2.45, 2.75) is 6.92 Å². The highest BCUT2D eigenvalue weighted by Crippen LogP contribution is 2.21. The molecule has 0 bridgehead atoms. The SMILES string of the molecule is Cc1ccc(NC2=NCCO2)cc1NC1=NCCO1. The summed E-state index contributed by atoms with van der Waals surface area (Å²) in [5.74, 6) is 0. The highest BCUT2D eigenvalue weighted by molar-refractivity contribution is 5.94. The van der Waals surface area contributed by atoms with E-state index < -0.39 is 0 Å². The Balaban J connectivity index is 1.75. The molecular formula is C13H16N4O2. The van der Waals surface area contributed by atoms with E-state index in [9.17, 15) is 0 Å². The highest BCUT2D eigenvalue weighted by Gasteiger charge is 2.11. The van der Waals surface area contributed by atoms with Gasteiger partial charge in [-0.15, -0.1) is 0 Å². The zero-order chi connectivity index (χ0) is 13.1. The van der Waals surface area contributed by atoms with Gasteiger partial charge in [0.05, 0.1) is 13.1 Å². The van der Waals surface area contributed by atoms with Gasteiger partial charge < -0.3 is 20.1 Å². The molecule has 6 nitrogen and oxygen atoms in total. The first kappa shape index (κ1) is 11.8. The molecule has 0 atom stereocenters. The van der Waals surface area contributed by atoms with Gasteiger partial charge in [0, 0.05) is 11.4 Å². The quantitative estimate of drug-likeness (QED) is 0.847. The summed E-state index contributed by atoms with van der Waals surface area (Å²) in [6, 6.07) is 7.15. The largest absolute Gasteiger partial charge is 0.463 e. The molecule has 0 spiro atoms. The zero-order valence-electron chi connectivity index (χ0n) is 10.8. The lowest BCUT2D eigenvalue weighted by Gasteiger charge is -2.12. The van der Waals surface area contributed by atoms with Crippen LogP contribution < -0.4 is 10.6 Å². The predicted octanol–water partition coefficient (Wildman–Crippen LogP) is 1.59. The van der Waals surface area contributed by atoms with Gasteiger partial charge >= 0.3 is 0 Å². The monoisotopic (exact) mass is 260 g/mol. The van der Waals surface area contributed by atoms with Gasteiger partial charge in [-0.1, -0.05) is 6.07 Å². The molecule has 19 heavy (non-hydrogen) atoms. The molecule has 0 aliphatic carbocycles. The average molecular weight is 260 g/mol. The zero-order valence-corrected chi connectivity index (χ0v) is 10.8. The molecule has 0 radical (unpaired) electrons. The third-order valence-corrected chi connectivity index (χ3v) is 2.90. The molecule has 0 saturated heterocycles. The van der Waals surface area contributed by atoms with Crippen LogP contribution in [0.25, 0.3) is 0 Å². The van der Waals surface area contributed by atoms with Gasteiger partial charge in [-0.05, 0) is 24.6 Å².